The molecule has 0 aliphatic heterocycles. The molecule has 0 bridgehead atoms. The Balaban J connectivity index is 4.23. The molecule has 3 N–H and O–H groups in total. The molecule has 0 unspecified atom stereocenters. The Kier molecular flexibility index (Phi) is 14.8. The number of ketones is 1. The molecule has 0 aromatic heterocycles. The Hall–Kier alpha value is -2.04. The second-order valence-electron chi connectivity index (χ2n) is 6.24. The van der Waals surface area contributed by atoms with Crippen molar-refractivity contribution in [3.8, 4) is 0 Å². The SMILES string of the molecule is CC(=O)CC(=O)OCCN(CCO)C(=O)CCCCC(=O)N(CCO)CCO. The number of carbonyl (C=O) groups excluding carboxylic acids is 4. The van der Waals surface area contributed by atoms with Crippen LogP contribution in [0.4, 0.5) is 0 Å². The third-order valence-electron chi connectivity index (χ3n) is 3.86. The lowest BCUT2D eigenvalue weighted by Gasteiger charge is -2.22. The monoisotopic (exact) mass is 404 g/mol. The topological polar surface area (TPSA) is 145 Å². The molecule has 0 aromatic carbocycles. The number of hydrogen-bond donors (Lipinski definition) is 3. The van der Waals surface area contributed by atoms with Crippen LogP contribution < -0.4 is 0 Å². The molecule has 2 amide bonds. The van der Waals surface area contributed by atoms with Crippen molar-refractivity contribution >= 4 is 23.6 Å². The minimum atomic E-state index is -0.655. The van der Waals surface area contributed by atoms with E-state index in [4.69, 9.17) is 20.1 Å². The Morgan fingerprint density at radius 3 is 1.57 bits per heavy atom. The number of ether oxygens (including phenoxy) is 1. The Labute approximate surface area is 165 Å². The van der Waals surface area contributed by atoms with E-state index in [0.717, 1.165) is 0 Å². The normalized spacial score (nSPS) is 10.4. The summed E-state index contributed by atoms with van der Waals surface area (Å²) in [6, 6.07) is 0. The van der Waals surface area contributed by atoms with Gasteiger partial charge in [0, 0.05) is 32.5 Å². The van der Waals surface area contributed by atoms with Crippen molar-refractivity contribution in [3.05, 3.63) is 0 Å². The summed E-state index contributed by atoms with van der Waals surface area (Å²) >= 11 is 0. The molecule has 0 saturated heterocycles. The first-order chi connectivity index (χ1) is 13.3. The van der Waals surface area contributed by atoms with Gasteiger partial charge in [-0.2, -0.15) is 0 Å². The van der Waals surface area contributed by atoms with Crippen LogP contribution in [0.3, 0.4) is 0 Å². The molecule has 0 rings (SSSR count). The molecular formula is C18H32N2O8. The number of unbranched alkanes of at least 4 members (excludes halogenated alkanes) is 1. The van der Waals surface area contributed by atoms with Crippen LogP contribution in [0.1, 0.15) is 39.0 Å². The predicted octanol–water partition coefficient (Wildman–Crippen LogP) is -1.30. The zero-order chi connectivity index (χ0) is 21.4. The van der Waals surface area contributed by atoms with Crippen molar-refractivity contribution in [2.75, 3.05) is 52.6 Å². The Bertz CT molecular complexity index is 492. The summed E-state index contributed by atoms with van der Waals surface area (Å²) in [6.07, 6.45) is 0.997. The lowest BCUT2D eigenvalue weighted by Crippen LogP contribution is -2.37. The molecule has 0 aromatic rings. The third kappa shape index (κ3) is 12.4. The summed E-state index contributed by atoms with van der Waals surface area (Å²) in [5.74, 6) is -1.39. The highest BCUT2D eigenvalue weighted by Gasteiger charge is 2.16. The summed E-state index contributed by atoms with van der Waals surface area (Å²) < 4.78 is 4.88. The van der Waals surface area contributed by atoms with E-state index < -0.39 is 5.97 Å². The zero-order valence-corrected chi connectivity index (χ0v) is 16.5. The van der Waals surface area contributed by atoms with Gasteiger partial charge in [-0.05, 0) is 19.8 Å². The van der Waals surface area contributed by atoms with Crippen LogP contribution in [0.25, 0.3) is 0 Å². The van der Waals surface area contributed by atoms with E-state index in [1.54, 1.807) is 0 Å². The van der Waals surface area contributed by atoms with Crippen molar-refractivity contribution in [1.29, 1.82) is 0 Å². The van der Waals surface area contributed by atoms with Crippen molar-refractivity contribution in [3.63, 3.8) is 0 Å². The van der Waals surface area contributed by atoms with Gasteiger partial charge in [-0.1, -0.05) is 0 Å². The minimum Gasteiger partial charge on any atom is -0.463 e. The second kappa shape index (κ2) is 16.0. The van der Waals surface area contributed by atoms with E-state index in [1.807, 2.05) is 0 Å². The standard InChI is InChI=1S/C18H32N2O8/c1-15(24)14-18(27)28-13-9-20(8-12-23)17(26)5-3-2-4-16(25)19(6-10-21)7-11-22/h21-23H,2-14H2,1H3. The molecule has 0 atom stereocenters. The Morgan fingerprint density at radius 1 is 0.750 bits per heavy atom. The first-order valence-electron chi connectivity index (χ1n) is 9.38. The average Bonchev–Trinajstić information content (AvgIpc) is 2.63. The number of aliphatic hydroxyl groups excluding tert-OH is 3. The third-order valence-corrected chi connectivity index (χ3v) is 3.86. The molecule has 0 spiro atoms. The lowest BCUT2D eigenvalue weighted by molar-refractivity contribution is -0.147. The molecule has 0 fully saturated rings. The fraction of sp³-hybridized carbons (Fsp3) is 0.778. The van der Waals surface area contributed by atoms with Crippen LogP contribution >= 0.6 is 0 Å². The maximum atomic E-state index is 12.2. The average molecular weight is 404 g/mol. The molecule has 0 heterocycles. The number of esters is 1. The molecule has 10 nitrogen and oxygen atoms in total. The summed E-state index contributed by atoms with van der Waals surface area (Å²) in [7, 11) is 0. The van der Waals surface area contributed by atoms with Crippen molar-refractivity contribution in [1.82, 2.24) is 9.80 Å². The minimum absolute atomic E-state index is 0.0619. The molecule has 0 aliphatic rings. The van der Waals surface area contributed by atoms with Crippen LogP contribution in [-0.2, 0) is 23.9 Å². The number of amides is 2. The highest BCUT2D eigenvalue weighted by molar-refractivity contribution is 5.94. The molecule has 0 radical (unpaired) electrons. The fourth-order valence-corrected chi connectivity index (χ4v) is 2.48. The van der Waals surface area contributed by atoms with E-state index in [9.17, 15) is 19.2 Å². The molecule has 28 heavy (non-hydrogen) atoms. The highest BCUT2D eigenvalue weighted by Crippen LogP contribution is 2.06. The molecular weight excluding hydrogens is 372 g/mol. The number of Topliss-reactive ketones (excluding diaryl/α,β-unsaturated/α-hetero) is 1. The van der Waals surface area contributed by atoms with Gasteiger partial charge < -0.3 is 29.9 Å². The summed E-state index contributed by atoms with van der Waals surface area (Å²) in [6.45, 7) is 1.15. The van der Waals surface area contributed by atoms with Crippen LogP contribution in [0.15, 0.2) is 0 Å². The molecule has 0 saturated carbocycles. The maximum absolute atomic E-state index is 12.2. The van der Waals surface area contributed by atoms with Crippen LogP contribution in [0.2, 0.25) is 0 Å². The van der Waals surface area contributed by atoms with Crippen LogP contribution in [0, 0.1) is 0 Å². The Morgan fingerprint density at radius 2 is 1.18 bits per heavy atom. The maximum Gasteiger partial charge on any atom is 0.313 e. The first kappa shape index (κ1) is 26.0. The van der Waals surface area contributed by atoms with Gasteiger partial charge in [-0.15, -0.1) is 0 Å². The fourth-order valence-electron chi connectivity index (χ4n) is 2.48. The van der Waals surface area contributed by atoms with Gasteiger partial charge >= 0.3 is 5.97 Å². The number of aliphatic hydroxyl groups is 3. The summed E-state index contributed by atoms with van der Waals surface area (Å²) in [5.41, 5.74) is 0. The van der Waals surface area contributed by atoms with Crippen LogP contribution in [-0.4, -0.2) is 101 Å². The van der Waals surface area contributed by atoms with E-state index in [1.165, 1.54) is 16.7 Å². The van der Waals surface area contributed by atoms with Gasteiger partial charge in [0.15, 0.2) is 0 Å². The zero-order valence-electron chi connectivity index (χ0n) is 16.5. The quantitative estimate of drug-likeness (QED) is 0.164. The number of carbonyl (C=O) groups is 4. The molecule has 0 aliphatic carbocycles. The van der Waals surface area contributed by atoms with Crippen molar-refractivity contribution < 1.29 is 39.2 Å². The smallest absolute Gasteiger partial charge is 0.313 e. The van der Waals surface area contributed by atoms with Gasteiger partial charge in [0.1, 0.15) is 18.8 Å². The predicted molar refractivity (Wildman–Crippen MR) is 99.1 cm³/mol. The van der Waals surface area contributed by atoms with Gasteiger partial charge in [-0.25, -0.2) is 0 Å². The van der Waals surface area contributed by atoms with Gasteiger partial charge in [-0.3, -0.25) is 19.2 Å². The molecule has 10 heteroatoms. The number of nitrogens with zero attached hydrogens (tertiary/aromatic N) is 2. The van der Waals surface area contributed by atoms with Crippen molar-refractivity contribution in [2.24, 2.45) is 0 Å². The summed E-state index contributed by atoms with van der Waals surface area (Å²) in [5, 5.41) is 26.9. The first-order valence-corrected chi connectivity index (χ1v) is 9.38. The van der Waals surface area contributed by atoms with Crippen molar-refractivity contribution in [2.45, 2.75) is 39.0 Å². The molecule has 162 valence electrons. The van der Waals surface area contributed by atoms with E-state index in [-0.39, 0.29) is 89.5 Å². The largest absolute Gasteiger partial charge is 0.463 e. The van der Waals surface area contributed by atoms with Gasteiger partial charge in [0.2, 0.25) is 11.8 Å². The highest BCUT2D eigenvalue weighted by atomic mass is 16.5. The van der Waals surface area contributed by atoms with E-state index >= 15 is 0 Å². The van der Waals surface area contributed by atoms with Gasteiger partial charge in [0.05, 0.1) is 26.4 Å². The van der Waals surface area contributed by atoms with E-state index in [0.29, 0.717) is 12.8 Å². The second-order valence-corrected chi connectivity index (χ2v) is 6.24. The summed E-state index contributed by atoms with van der Waals surface area (Å²) in [4.78, 5) is 49.1. The number of rotatable bonds is 16. The van der Waals surface area contributed by atoms with E-state index in [2.05, 4.69) is 0 Å². The van der Waals surface area contributed by atoms with Gasteiger partial charge in [0.25, 0.3) is 0 Å². The lowest BCUT2D eigenvalue weighted by atomic mass is 10.1. The van der Waals surface area contributed by atoms with Crippen LogP contribution in [0.5, 0.6) is 0 Å². The number of hydrogen-bond acceptors (Lipinski definition) is 8.